The van der Waals surface area contributed by atoms with Gasteiger partial charge in [0.05, 0.1) is 14.2 Å². The molecular formula is C24H26O4. The fourth-order valence-corrected chi connectivity index (χ4v) is 2.73. The smallest absolute Gasteiger partial charge is 0.185 e. The van der Waals surface area contributed by atoms with Crippen molar-refractivity contribution in [2.45, 2.75) is 20.8 Å². The number of ketones is 1. The minimum Gasteiger partial charge on any atom is -0.508 e. The van der Waals surface area contributed by atoms with Crippen LogP contribution in [-0.2, 0) is 4.79 Å². The lowest BCUT2D eigenvalue weighted by Gasteiger charge is -2.05. The molecule has 0 spiro atoms. The van der Waals surface area contributed by atoms with Crippen LogP contribution in [0, 0.1) is 13.8 Å². The first-order chi connectivity index (χ1) is 13.3. The van der Waals surface area contributed by atoms with E-state index in [0.717, 1.165) is 33.8 Å². The van der Waals surface area contributed by atoms with Crippen molar-refractivity contribution < 1.29 is 19.4 Å². The van der Waals surface area contributed by atoms with Crippen molar-refractivity contribution in [1.82, 2.24) is 0 Å². The third-order valence-corrected chi connectivity index (χ3v) is 4.45. The third-order valence-electron chi connectivity index (χ3n) is 4.45. The van der Waals surface area contributed by atoms with Gasteiger partial charge in [0.25, 0.3) is 0 Å². The fraction of sp³-hybridized carbons (Fsp3) is 0.208. The number of methoxy groups -OCH3 is 2. The molecule has 0 atom stereocenters. The Morgan fingerprint density at radius 2 is 1.32 bits per heavy atom. The zero-order valence-electron chi connectivity index (χ0n) is 16.9. The topological polar surface area (TPSA) is 55.8 Å². The number of aliphatic hydroxyl groups is 1. The van der Waals surface area contributed by atoms with Gasteiger partial charge in [0.2, 0.25) is 0 Å². The summed E-state index contributed by atoms with van der Waals surface area (Å²) in [6, 6.07) is 11.4. The Labute approximate surface area is 166 Å². The van der Waals surface area contributed by atoms with Crippen LogP contribution in [0.1, 0.15) is 29.2 Å². The van der Waals surface area contributed by atoms with E-state index in [1.807, 2.05) is 50.2 Å². The first-order valence-corrected chi connectivity index (χ1v) is 8.95. The van der Waals surface area contributed by atoms with Crippen molar-refractivity contribution in [2.75, 3.05) is 14.2 Å². The molecule has 2 aromatic carbocycles. The molecule has 0 fully saturated rings. The van der Waals surface area contributed by atoms with Crippen molar-refractivity contribution in [1.29, 1.82) is 0 Å². The average molecular weight is 378 g/mol. The van der Waals surface area contributed by atoms with Gasteiger partial charge in [-0.15, -0.1) is 0 Å². The van der Waals surface area contributed by atoms with Crippen LogP contribution < -0.4 is 9.47 Å². The number of carbonyl (C=O) groups excluding carboxylic acids is 1. The molecule has 0 saturated carbocycles. The molecule has 4 nitrogen and oxygen atoms in total. The maximum absolute atomic E-state index is 12.3. The largest absolute Gasteiger partial charge is 0.508 e. The molecule has 146 valence electrons. The quantitative estimate of drug-likeness (QED) is 0.395. The minimum absolute atomic E-state index is 0.0611. The second-order valence-electron chi connectivity index (χ2n) is 6.50. The highest BCUT2D eigenvalue weighted by Gasteiger charge is 2.06. The molecule has 0 amide bonds. The van der Waals surface area contributed by atoms with Gasteiger partial charge in [0.15, 0.2) is 5.78 Å². The number of rotatable bonds is 7. The Kier molecular flexibility index (Phi) is 7.21. The SMILES string of the molecule is COc1ccc(/C=C/C(=O)/C(C)=C(O)/C=C/c2ccc(OC)c(C)c2)cc1C. The van der Waals surface area contributed by atoms with Gasteiger partial charge in [-0.05, 0) is 79.4 Å². The number of allylic oxidation sites excluding steroid dienone is 3. The number of benzene rings is 2. The molecule has 2 rings (SSSR count). The molecule has 0 aliphatic rings. The Morgan fingerprint density at radius 3 is 1.75 bits per heavy atom. The summed E-state index contributed by atoms with van der Waals surface area (Å²) in [6.07, 6.45) is 6.47. The summed E-state index contributed by atoms with van der Waals surface area (Å²) < 4.78 is 10.5. The Bertz CT molecular complexity index is 949. The molecule has 0 aliphatic heterocycles. The van der Waals surface area contributed by atoms with E-state index < -0.39 is 0 Å². The van der Waals surface area contributed by atoms with E-state index in [4.69, 9.17) is 9.47 Å². The van der Waals surface area contributed by atoms with E-state index in [1.54, 1.807) is 33.3 Å². The van der Waals surface area contributed by atoms with E-state index in [2.05, 4.69) is 0 Å². The maximum atomic E-state index is 12.3. The number of hydrogen-bond donors (Lipinski definition) is 1. The molecule has 0 aliphatic carbocycles. The zero-order valence-corrected chi connectivity index (χ0v) is 16.9. The van der Waals surface area contributed by atoms with Gasteiger partial charge in [-0.3, -0.25) is 4.79 Å². The number of carbonyl (C=O) groups is 1. The number of aryl methyl sites for hydroxylation is 2. The average Bonchev–Trinajstić information content (AvgIpc) is 2.69. The third kappa shape index (κ3) is 5.36. The van der Waals surface area contributed by atoms with Crippen molar-refractivity contribution in [2.24, 2.45) is 0 Å². The Balaban J connectivity index is 2.12. The van der Waals surface area contributed by atoms with Crippen molar-refractivity contribution in [3.63, 3.8) is 0 Å². The number of hydrogen-bond acceptors (Lipinski definition) is 4. The lowest BCUT2D eigenvalue weighted by Crippen LogP contribution is -1.98. The highest BCUT2D eigenvalue weighted by atomic mass is 16.5. The van der Waals surface area contributed by atoms with Crippen molar-refractivity contribution in [3.05, 3.63) is 82.1 Å². The van der Waals surface area contributed by atoms with Crippen LogP contribution in [0.4, 0.5) is 0 Å². The van der Waals surface area contributed by atoms with Gasteiger partial charge in [0.1, 0.15) is 17.3 Å². The van der Waals surface area contributed by atoms with E-state index in [9.17, 15) is 9.90 Å². The molecule has 0 radical (unpaired) electrons. The van der Waals surface area contributed by atoms with Gasteiger partial charge in [-0.25, -0.2) is 0 Å². The molecule has 1 N–H and O–H groups in total. The van der Waals surface area contributed by atoms with E-state index in [1.165, 1.54) is 12.2 Å². The second kappa shape index (κ2) is 9.60. The van der Waals surface area contributed by atoms with Crippen LogP contribution in [0.15, 0.2) is 59.9 Å². The van der Waals surface area contributed by atoms with Gasteiger partial charge < -0.3 is 14.6 Å². The summed E-state index contributed by atoms with van der Waals surface area (Å²) in [5.74, 6) is 1.30. The molecule has 0 aromatic heterocycles. The number of ether oxygens (including phenoxy) is 2. The summed E-state index contributed by atoms with van der Waals surface area (Å²) in [4.78, 5) is 12.3. The van der Waals surface area contributed by atoms with E-state index in [-0.39, 0.29) is 17.1 Å². The molecule has 0 unspecified atom stereocenters. The minimum atomic E-state index is -0.249. The fourth-order valence-electron chi connectivity index (χ4n) is 2.73. The second-order valence-corrected chi connectivity index (χ2v) is 6.50. The molecule has 2 aromatic rings. The summed E-state index contributed by atoms with van der Waals surface area (Å²) >= 11 is 0. The zero-order chi connectivity index (χ0) is 20.7. The van der Waals surface area contributed by atoms with E-state index >= 15 is 0 Å². The Hall–Kier alpha value is -3.27. The Morgan fingerprint density at radius 1 is 0.857 bits per heavy atom. The lowest BCUT2D eigenvalue weighted by atomic mass is 10.1. The van der Waals surface area contributed by atoms with Crippen LogP contribution >= 0.6 is 0 Å². The maximum Gasteiger partial charge on any atom is 0.185 e. The predicted octanol–water partition coefficient (Wildman–Crippen LogP) is 5.45. The van der Waals surface area contributed by atoms with Gasteiger partial charge in [-0.1, -0.05) is 24.3 Å². The molecule has 0 heterocycles. The first-order valence-electron chi connectivity index (χ1n) is 8.95. The molecule has 0 bridgehead atoms. The highest BCUT2D eigenvalue weighted by molar-refractivity contribution is 6.06. The lowest BCUT2D eigenvalue weighted by molar-refractivity contribution is -0.111. The molecule has 0 saturated heterocycles. The molecule has 4 heteroatoms. The summed E-state index contributed by atoms with van der Waals surface area (Å²) in [6.45, 7) is 5.50. The van der Waals surface area contributed by atoms with Crippen LogP contribution in [0.2, 0.25) is 0 Å². The van der Waals surface area contributed by atoms with E-state index in [0.29, 0.717) is 0 Å². The molecular weight excluding hydrogens is 352 g/mol. The van der Waals surface area contributed by atoms with Gasteiger partial charge in [-0.2, -0.15) is 0 Å². The van der Waals surface area contributed by atoms with Crippen LogP contribution in [0.3, 0.4) is 0 Å². The molecule has 28 heavy (non-hydrogen) atoms. The summed E-state index contributed by atoms with van der Waals surface area (Å²) in [5, 5.41) is 10.2. The normalized spacial score (nSPS) is 12.3. The highest BCUT2D eigenvalue weighted by Crippen LogP contribution is 2.21. The first kappa shape index (κ1) is 21.0. The summed E-state index contributed by atoms with van der Waals surface area (Å²) in [5.41, 5.74) is 4.07. The van der Waals surface area contributed by atoms with Gasteiger partial charge in [0, 0.05) is 5.57 Å². The predicted molar refractivity (Wildman–Crippen MR) is 114 cm³/mol. The number of aliphatic hydroxyl groups excluding tert-OH is 1. The summed E-state index contributed by atoms with van der Waals surface area (Å²) in [7, 11) is 3.25. The van der Waals surface area contributed by atoms with Crippen molar-refractivity contribution >= 4 is 17.9 Å². The van der Waals surface area contributed by atoms with Gasteiger partial charge >= 0.3 is 0 Å². The van der Waals surface area contributed by atoms with Crippen LogP contribution in [0.25, 0.3) is 12.2 Å². The van der Waals surface area contributed by atoms with Crippen LogP contribution in [-0.4, -0.2) is 25.1 Å². The standard InChI is InChI=1S/C24H26O4/c1-16-14-19(8-12-23(16)27-4)6-10-21(25)18(3)22(26)11-7-20-9-13-24(28-5)17(2)15-20/h6-15,25H,1-5H3/b10-6+,11-7+,21-18-. The monoisotopic (exact) mass is 378 g/mol. The van der Waals surface area contributed by atoms with Crippen LogP contribution in [0.5, 0.6) is 11.5 Å². The van der Waals surface area contributed by atoms with Crippen molar-refractivity contribution in [3.8, 4) is 11.5 Å².